The summed E-state index contributed by atoms with van der Waals surface area (Å²) in [5.41, 5.74) is 2.36. The van der Waals surface area contributed by atoms with Crippen LogP contribution in [0.2, 0.25) is 0 Å². The van der Waals surface area contributed by atoms with E-state index in [0.717, 1.165) is 45.4 Å². The number of likely N-dealkylation sites (tertiary alicyclic amines) is 1. The maximum absolute atomic E-state index is 12.1. The van der Waals surface area contributed by atoms with Crippen LogP contribution in [0.5, 0.6) is 0 Å². The van der Waals surface area contributed by atoms with Gasteiger partial charge in [0.25, 0.3) is 0 Å². The maximum atomic E-state index is 12.1. The van der Waals surface area contributed by atoms with Crippen LogP contribution in [0.15, 0.2) is 60.7 Å². The van der Waals surface area contributed by atoms with Gasteiger partial charge in [0.2, 0.25) is 5.91 Å². The molecule has 1 N–H and O–H groups in total. The van der Waals surface area contributed by atoms with E-state index in [-0.39, 0.29) is 17.9 Å². The van der Waals surface area contributed by atoms with E-state index in [0.29, 0.717) is 6.61 Å². The van der Waals surface area contributed by atoms with Crippen molar-refractivity contribution in [1.29, 1.82) is 0 Å². The second-order valence-corrected chi connectivity index (χ2v) is 7.48. The van der Waals surface area contributed by atoms with E-state index in [1.54, 1.807) is 0 Å². The predicted molar refractivity (Wildman–Crippen MR) is 113 cm³/mol. The molecule has 0 aromatic heterocycles. The first-order chi connectivity index (χ1) is 13.8. The van der Waals surface area contributed by atoms with E-state index in [9.17, 15) is 4.79 Å². The van der Waals surface area contributed by atoms with Crippen molar-refractivity contribution in [1.82, 2.24) is 10.2 Å². The average molecular weight is 381 g/mol. The molecule has 1 aliphatic rings. The molecule has 1 amide bonds. The van der Waals surface area contributed by atoms with E-state index >= 15 is 0 Å². The number of nitrogens with zero attached hydrogens (tertiary/aromatic N) is 1. The topological polar surface area (TPSA) is 41.6 Å². The van der Waals surface area contributed by atoms with Crippen molar-refractivity contribution in [2.45, 2.75) is 32.3 Å². The van der Waals surface area contributed by atoms with E-state index in [1.165, 1.54) is 11.1 Å². The van der Waals surface area contributed by atoms with Crippen molar-refractivity contribution >= 4 is 5.91 Å². The molecule has 4 heteroatoms. The molecule has 0 spiro atoms. The minimum atomic E-state index is -0.0419. The van der Waals surface area contributed by atoms with Crippen molar-refractivity contribution in [2.75, 3.05) is 32.8 Å². The molecule has 4 nitrogen and oxygen atoms in total. The fraction of sp³-hybridized carbons (Fsp3) is 0.458. The van der Waals surface area contributed by atoms with Gasteiger partial charge in [-0.15, -0.1) is 0 Å². The molecule has 0 unspecified atom stereocenters. The van der Waals surface area contributed by atoms with Gasteiger partial charge >= 0.3 is 0 Å². The molecule has 1 saturated heterocycles. The Kier molecular flexibility index (Phi) is 8.07. The molecule has 150 valence electrons. The summed E-state index contributed by atoms with van der Waals surface area (Å²) >= 11 is 0. The van der Waals surface area contributed by atoms with Gasteiger partial charge in [-0.05, 0) is 43.5 Å². The number of rotatable bonds is 9. The van der Waals surface area contributed by atoms with Gasteiger partial charge in [-0.2, -0.15) is 0 Å². The second kappa shape index (κ2) is 11.0. The molecule has 28 heavy (non-hydrogen) atoms. The summed E-state index contributed by atoms with van der Waals surface area (Å²) in [6, 6.07) is 20.8. The van der Waals surface area contributed by atoms with Crippen LogP contribution in [0.4, 0.5) is 0 Å². The van der Waals surface area contributed by atoms with Gasteiger partial charge in [-0.3, -0.25) is 4.79 Å². The molecule has 1 fully saturated rings. The van der Waals surface area contributed by atoms with Gasteiger partial charge in [-0.1, -0.05) is 67.6 Å². The quantitative estimate of drug-likeness (QED) is 0.714. The Balaban J connectivity index is 1.48. The monoisotopic (exact) mass is 380 g/mol. The van der Waals surface area contributed by atoms with E-state index in [4.69, 9.17) is 4.74 Å². The van der Waals surface area contributed by atoms with Gasteiger partial charge in [0, 0.05) is 19.0 Å². The number of benzene rings is 2. The summed E-state index contributed by atoms with van der Waals surface area (Å²) in [6.07, 6.45) is 2.83. The normalized spacial score (nSPS) is 15.6. The molecule has 0 bridgehead atoms. The van der Waals surface area contributed by atoms with Crippen LogP contribution in [0.1, 0.15) is 43.4 Å². The molecule has 0 atom stereocenters. The largest absolute Gasteiger partial charge is 0.367 e. The SMILES string of the molecule is CCCNC(=O)C1CCN(CCOC(c2ccccc2)c2ccccc2)CC1. The molecule has 0 radical (unpaired) electrons. The Bertz CT molecular complexity index is 658. The summed E-state index contributed by atoms with van der Waals surface area (Å²) in [4.78, 5) is 14.5. The van der Waals surface area contributed by atoms with Crippen LogP contribution in [0.25, 0.3) is 0 Å². The summed E-state index contributed by atoms with van der Waals surface area (Å²) in [7, 11) is 0. The zero-order chi connectivity index (χ0) is 19.6. The Morgan fingerprint density at radius 1 is 1.04 bits per heavy atom. The highest BCUT2D eigenvalue weighted by Gasteiger charge is 2.24. The first kappa shape index (κ1) is 20.6. The minimum absolute atomic E-state index is 0.0419. The van der Waals surface area contributed by atoms with Gasteiger partial charge in [0.05, 0.1) is 6.61 Å². The zero-order valence-electron chi connectivity index (χ0n) is 16.8. The van der Waals surface area contributed by atoms with Gasteiger partial charge in [0.1, 0.15) is 6.10 Å². The molecule has 1 aliphatic heterocycles. The third-order valence-electron chi connectivity index (χ3n) is 5.40. The van der Waals surface area contributed by atoms with Crippen molar-refractivity contribution < 1.29 is 9.53 Å². The van der Waals surface area contributed by atoms with Gasteiger partial charge in [0.15, 0.2) is 0 Å². The summed E-state index contributed by atoms with van der Waals surface area (Å²) in [6.45, 7) is 6.39. The summed E-state index contributed by atoms with van der Waals surface area (Å²) in [5.74, 6) is 0.399. The smallest absolute Gasteiger partial charge is 0.223 e. The Labute approximate surface area is 168 Å². The molecule has 2 aromatic carbocycles. The number of hydrogen-bond acceptors (Lipinski definition) is 3. The number of piperidine rings is 1. The van der Waals surface area contributed by atoms with Crippen LogP contribution >= 0.6 is 0 Å². The highest BCUT2D eigenvalue weighted by molar-refractivity contribution is 5.78. The van der Waals surface area contributed by atoms with Crippen molar-refractivity contribution in [3.05, 3.63) is 71.8 Å². The zero-order valence-corrected chi connectivity index (χ0v) is 16.8. The van der Waals surface area contributed by atoms with Crippen LogP contribution in [-0.2, 0) is 9.53 Å². The molecule has 0 saturated carbocycles. The van der Waals surface area contributed by atoms with Crippen molar-refractivity contribution in [3.63, 3.8) is 0 Å². The van der Waals surface area contributed by atoms with E-state index < -0.39 is 0 Å². The van der Waals surface area contributed by atoms with Crippen LogP contribution in [0, 0.1) is 5.92 Å². The lowest BCUT2D eigenvalue weighted by Gasteiger charge is -2.31. The molecule has 2 aromatic rings. The lowest BCUT2D eigenvalue weighted by atomic mass is 9.96. The minimum Gasteiger partial charge on any atom is -0.367 e. The number of ether oxygens (including phenoxy) is 1. The van der Waals surface area contributed by atoms with Crippen molar-refractivity contribution in [2.24, 2.45) is 5.92 Å². The summed E-state index contributed by atoms with van der Waals surface area (Å²) in [5, 5.41) is 3.03. The van der Waals surface area contributed by atoms with Crippen LogP contribution < -0.4 is 5.32 Å². The van der Waals surface area contributed by atoms with Crippen LogP contribution in [0.3, 0.4) is 0 Å². The predicted octanol–water partition coefficient (Wildman–Crippen LogP) is 4.03. The number of carbonyl (C=O) groups is 1. The first-order valence-corrected chi connectivity index (χ1v) is 10.5. The van der Waals surface area contributed by atoms with Gasteiger partial charge in [-0.25, -0.2) is 0 Å². The third kappa shape index (κ3) is 5.91. The fourth-order valence-corrected chi connectivity index (χ4v) is 3.75. The number of amides is 1. The lowest BCUT2D eigenvalue weighted by molar-refractivity contribution is -0.126. The lowest BCUT2D eigenvalue weighted by Crippen LogP contribution is -2.41. The molecule has 0 aliphatic carbocycles. The third-order valence-corrected chi connectivity index (χ3v) is 5.40. The Morgan fingerprint density at radius 3 is 2.14 bits per heavy atom. The first-order valence-electron chi connectivity index (χ1n) is 10.5. The molecular formula is C24H32N2O2. The summed E-state index contributed by atoms with van der Waals surface area (Å²) < 4.78 is 6.32. The molecule has 1 heterocycles. The van der Waals surface area contributed by atoms with Crippen LogP contribution in [-0.4, -0.2) is 43.6 Å². The fourth-order valence-electron chi connectivity index (χ4n) is 3.75. The van der Waals surface area contributed by atoms with E-state index in [1.807, 2.05) is 12.1 Å². The van der Waals surface area contributed by atoms with Gasteiger partial charge < -0.3 is 15.0 Å². The number of hydrogen-bond donors (Lipinski definition) is 1. The average Bonchev–Trinajstić information content (AvgIpc) is 2.76. The maximum Gasteiger partial charge on any atom is 0.223 e. The highest BCUT2D eigenvalue weighted by Crippen LogP contribution is 2.26. The standard InChI is InChI=1S/C24H32N2O2/c1-2-15-25-24(27)22-13-16-26(17-14-22)18-19-28-23(20-9-5-3-6-10-20)21-11-7-4-8-12-21/h3-12,22-23H,2,13-19H2,1H3,(H,25,27). The van der Waals surface area contributed by atoms with Crippen molar-refractivity contribution in [3.8, 4) is 0 Å². The highest BCUT2D eigenvalue weighted by atomic mass is 16.5. The number of nitrogens with one attached hydrogen (secondary N) is 1. The Hall–Kier alpha value is -2.17. The number of carbonyl (C=O) groups excluding carboxylic acids is 1. The second-order valence-electron chi connectivity index (χ2n) is 7.48. The Morgan fingerprint density at radius 2 is 1.61 bits per heavy atom. The molecule has 3 rings (SSSR count). The molecular weight excluding hydrogens is 348 g/mol. The van der Waals surface area contributed by atoms with E-state index in [2.05, 4.69) is 65.7 Å².